The molecule has 2 heterocycles. The average molecular weight is 512 g/mol. The van der Waals surface area contributed by atoms with Crippen LogP contribution in [-0.4, -0.2) is 21.2 Å². The van der Waals surface area contributed by atoms with Gasteiger partial charge in [-0.2, -0.15) is 0 Å². The van der Waals surface area contributed by atoms with Crippen molar-refractivity contribution in [1.29, 1.82) is 0 Å². The second kappa shape index (κ2) is 10.1. The lowest BCUT2D eigenvalue weighted by molar-refractivity contribution is -0.113. The first-order chi connectivity index (χ1) is 17.4. The van der Waals surface area contributed by atoms with Gasteiger partial charge in [0.1, 0.15) is 4.83 Å². The fourth-order valence-electron chi connectivity index (χ4n) is 4.14. The molecule has 0 bridgehead atoms. The predicted molar refractivity (Wildman–Crippen MR) is 151 cm³/mol. The molecule has 7 heteroatoms. The smallest absolute Gasteiger partial charge is 0.268 e. The van der Waals surface area contributed by atoms with Crippen molar-refractivity contribution >= 4 is 44.9 Å². The Balaban J connectivity index is 1.55. The van der Waals surface area contributed by atoms with Crippen LogP contribution in [0.4, 0.5) is 5.69 Å². The van der Waals surface area contributed by atoms with Crippen LogP contribution < -0.4 is 10.9 Å². The van der Waals surface area contributed by atoms with Crippen molar-refractivity contribution in [1.82, 2.24) is 9.55 Å². The number of amides is 1. The molecular weight excluding hydrogens is 486 g/mol. The van der Waals surface area contributed by atoms with E-state index in [2.05, 4.69) is 5.32 Å². The van der Waals surface area contributed by atoms with Crippen molar-refractivity contribution in [2.75, 3.05) is 11.1 Å². The molecule has 36 heavy (non-hydrogen) atoms. The van der Waals surface area contributed by atoms with Crippen LogP contribution in [0.3, 0.4) is 0 Å². The van der Waals surface area contributed by atoms with Gasteiger partial charge in [0.15, 0.2) is 5.16 Å². The number of aryl methyl sites for hydroxylation is 3. The zero-order chi connectivity index (χ0) is 25.2. The summed E-state index contributed by atoms with van der Waals surface area (Å²) >= 11 is 2.77. The minimum Gasteiger partial charge on any atom is -0.325 e. The number of nitrogens with zero attached hydrogens (tertiary/aromatic N) is 2. The first-order valence-electron chi connectivity index (χ1n) is 11.6. The lowest BCUT2D eigenvalue weighted by Crippen LogP contribution is -2.22. The van der Waals surface area contributed by atoms with Crippen LogP contribution in [-0.2, 0) is 4.79 Å². The Morgan fingerprint density at radius 1 is 0.944 bits per heavy atom. The molecular formula is C29H25N3O2S2. The molecule has 0 aliphatic carbocycles. The van der Waals surface area contributed by atoms with E-state index in [4.69, 9.17) is 4.98 Å². The molecule has 5 rings (SSSR count). The van der Waals surface area contributed by atoms with Gasteiger partial charge >= 0.3 is 0 Å². The standard InChI is InChI=1S/C29H25N3O2S2/c1-18-14-15-22(16-19(18)2)30-24(33)17-35-29-31-27-26(28(34)32(29)23-12-8-5-9-13-23)25(20(3)36-27)21-10-6-4-7-11-21/h4-16H,17H2,1-3H3,(H,30,33). The van der Waals surface area contributed by atoms with Crippen molar-refractivity contribution in [3.63, 3.8) is 0 Å². The lowest BCUT2D eigenvalue weighted by atomic mass is 10.0. The molecule has 0 fully saturated rings. The van der Waals surface area contributed by atoms with Crippen LogP contribution in [0.15, 0.2) is 88.8 Å². The highest BCUT2D eigenvalue weighted by molar-refractivity contribution is 7.99. The number of carbonyl (C=O) groups is 1. The summed E-state index contributed by atoms with van der Waals surface area (Å²) in [6.45, 7) is 6.08. The van der Waals surface area contributed by atoms with E-state index >= 15 is 0 Å². The van der Waals surface area contributed by atoms with Crippen molar-refractivity contribution in [3.05, 3.63) is 105 Å². The quantitative estimate of drug-likeness (QED) is 0.202. The number of rotatable bonds is 6. The molecule has 1 amide bonds. The van der Waals surface area contributed by atoms with Gasteiger partial charge in [0.25, 0.3) is 5.56 Å². The molecule has 0 atom stereocenters. The van der Waals surface area contributed by atoms with Crippen LogP contribution in [0, 0.1) is 20.8 Å². The summed E-state index contributed by atoms with van der Waals surface area (Å²) in [5, 5.41) is 4.06. The number of carbonyl (C=O) groups excluding carboxylic acids is 1. The van der Waals surface area contributed by atoms with Crippen LogP contribution in [0.1, 0.15) is 16.0 Å². The first-order valence-corrected chi connectivity index (χ1v) is 13.4. The summed E-state index contributed by atoms with van der Waals surface area (Å²) in [4.78, 5) is 33.4. The zero-order valence-electron chi connectivity index (χ0n) is 20.2. The highest BCUT2D eigenvalue weighted by Crippen LogP contribution is 2.37. The van der Waals surface area contributed by atoms with Gasteiger partial charge in [-0.25, -0.2) is 4.98 Å². The monoisotopic (exact) mass is 511 g/mol. The molecule has 0 radical (unpaired) electrons. The van der Waals surface area contributed by atoms with Crippen molar-refractivity contribution < 1.29 is 4.79 Å². The Bertz CT molecular complexity index is 1620. The van der Waals surface area contributed by atoms with E-state index in [1.807, 2.05) is 99.6 Å². The van der Waals surface area contributed by atoms with E-state index in [9.17, 15) is 9.59 Å². The third-order valence-corrected chi connectivity index (χ3v) is 8.01. The molecule has 2 aromatic heterocycles. The predicted octanol–water partition coefficient (Wildman–Crippen LogP) is 6.77. The number of hydrogen-bond donors (Lipinski definition) is 1. The Hall–Kier alpha value is -3.68. The SMILES string of the molecule is Cc1ccc(NC(=O)CSc2nc3sc(C)c(-c4ccccc4)c3c(=O)n2-c2ccccc2)cc1C. The number of para-hydroxylation sites is 1. The van der Waals surface area contributed by atoms with Gasteiger partial charge in [-0.1, -0.05) is 66.4 Å². The van der Waals surface area contributed by atoms with Crippen molar-refractivity contribution in [2.24, 2.45) is 0 Å². The van der Waals surface area contributed by atoms with Gasteiger partial charge in [-0.05, 0) is 61.7 Å². The Morgan fingerprint density at radius 3 is 2.33 bits per heavy atom. The Labute approximate surface area is 217 Å². The minimum absolute atomic E-state index is 0.133. The van der Waals surface area contributed by atoms with Crippen LogP contribution >= 0.6 is 23.1 Å². The van der Waals surface area contributed by atoms with E-state index in [0.717, 1.165) is 32.9 Å². The van der Waals surface area contributed by atoms with Gasteiger partial charge < -0.3 is 5.32 Å². The van der Waals surface area contributed by atoms with Crippen LogP contribution in [0.5, 0.6) is 0 Å². The number of fused-ring (bicyclic) bond motifs is 1. The fourth-order valence-corrected chi connectivity index (χ4v) is 6.04. The maximum Gasteiger partial charge on any atom is 0.268 e. The number of benzene rings is 3. The van der Waals surface area contributed by atoms with Gasteiger partial charge in [-0.15, -0.1) is 11.3 Å². The van der Waals surface area contributed by atoms with Crippen LogP contribution in [0.25, 0.3) is 27.0 Å². The van der Waals surface area contributed by atoms with Gasteiger partial charge in [0, 0.05) is 16.1 Å². The third kappa shape index (κ3) is 4.72. The highest BCUT2D eigenvalue weighted by atomic mass is 32.2. The molecule has 1 N–H and O–H groups in total. The Kier molecular flexibility index (Phi) is 6.76. The number of thioether (sulfide) groups is 1. The molecule has 0 spiro atoms. The summed E-state index contributed by atoms with van der Waals surface area (Å²) < 4.78 is 1.62. The topological polar surface area (TPSA) is 64.0 Å². The number of nitrogens with one attached hydrogen (secondary N) is 1. The van der Waals surface area contributed by atoms with Gasteiger partial charge in [0.2, 0.25) is 5.91 Å². The molecule has 180 valence electrons. The second-order valence-corrected chi connectivity index (χ2v) is 10.7. The lowest BCUT2D eigenvalue weighted by Gasteiger charge is -2.13. The largest absolute Gasteiger partial charge is 0.325 e. The fraction of sp³-hybridized carbons (Fsp3) is 0.138. The van der Waals surface area contributed by atoms with Crippen molar-refractivity contribution in [3.8, 4) is 16.8 Å². The van der Waals surface area contributed by atoms with E-state index < -0.39 is 0 Å². The number of hydrogen-bond acceptors (Lipinski definition) is 5. The zero-order valence-corrected chi connectivity index (χ0v) is 21.9. The molecule has 0 aliphatic heterocycles. The average Bonchev–Trinajstić information content (AvgIpc) is 3.22. The molecule has 5 nitrogen and oxygen atoms in total. The highest BCUT2D eigenvalue weighted by Gasteiger charge is 2.21. The molecule has 0 aliphatic rings. The number of aromatic nitrogens is 2. The molecule has 0 saturated heterocycles. The molecule has 5 aromatic rings. The summed E-state index contributed by atoms with van der Waals surface area (Å²) in [6, 6.07) is 25.2. The number of anilines is 1. The van der Waals surface area contributed by atoms with E-state index in [1.165, 1.54) is 28.7 Å². The summed E-state index contributed by atoms with van der Waals surface area (Å²) in [5.74, 6) is -0.0160. The van der Waals surface area contributed by atoms with E-state index in [-0.39, 0.29) is 17.2 Å². The molecule has 0 saturated carbocycles. The summed E-state index contributed by atoms with van der Waals surface area (Å²) in [7, 11) is 0. The maximum absolute atomic E-state index is 14.0. The second-order valence-electron chi connectivity index (χ2n) is 8.59. The summed E-state index contributed by atoms with van der Waals surface area (Å²) in [5.41, 5.74) is 5.55. The van der Waals surface area contributed by atoms with Gasteiger partial charge in [0.05, 0.1) is 16.8 Å². The van der Waals surface area contributed by atoms with Gasteiger partial charge in [-0.3, -0.25) is 14.2 Å². The van der Waals surface area contributed by atoms with Crippen LogP contribution in [0.2, 0.25) is 0 Å². The molecule has 3 aromatic carbocycles. The Morgan fingerprint density at radius 2 is 1.64 bits per heavy atom. The normalized spacial score (nSPS) is 11.1. The number of thiophene rings is 1. The molecule has 0 unspecified atom stereocenters. The van der Waals surface area contributed by atoms with E-state index in [0.29, 0.717) is 15.4 Å². The minimum atomic E-state index is -0.149. The van der Waals surface area contributed by atoms with Crippen molar-refractivity contribution in [2.45, 2.75) is 25.9 Å². The third-order valence-electron chi connectivity index (χ3n) is 6.07. The van der Waals surface area contributed by atoms with E-state index in [1.54, 1.807) is 4.57 Å². The first kappa shape index (κ1) is 24.0. The summed E-state index contributed by atoms with van der Waals surface area (Å²) in [6.07, 6.45) is 0. The maximum atomic E-state index is 14.0.